The van der Waals surface area contributed by atoms with Crippen molar-refractivity contribution in [3.8, 4) is 0 Å². The number of nitrogens with one attached hydrogen (secondary N) is 2. The van der Waals surface area contributed by atoms with E-state index in [4.69, 9.17) is 16.6 Å². The van der Waals surface area contributed by atoms with E-state index in [9.17, 15) is 4.79 Å². The second kappa shape index (κ2) is 9.70. The van der Waals surface area contributed by atoms with E-state index >= 15 is 0 Å². The highest BCUT2D eigenvalue weighted by Gasteiger charge is 2.26. The highest BCUT2D eigenvalue weighted by molar-refractivity contribution is 6.32. The zero-order valence-electron chi connectivity index (χ0n) is 16.8. The molecule has 1 unspecified atom stereocenters. The van der Waals surface area contributed by atoms with Crippen molar-refractivity contribution in [2.24, 2.45) is 10.9 Å². The normalized spacial score (nSPS) is 17.9. The fourth-order valence-corrected chi connectivity index (χ4v) is 2.76. The van der Waals surface area contributed by atoms with Gasteiger partial charge in [0, 0.05) is 34.1 Å². The van der Waals surface area contributed by atoms with Crippen LogP contribution in [0.4, 0.5) is 5.82 Å². The summed E-state index contributed by atoms with van der Waals surface area (Å²) in [6, 6.07) is 1.92. The summed E-state index contributed by atoms with van der Waals surface area (Å²) >= 11 is 6.17. The van der Waals surface area contributed by atoms with E-state index < -0.39 is 0 Å². The number of hydrogen-bond acceptors (Lipinski definition) is 3. The molecule has 5 nitrogen and oxygen atoms in total. The number of allylic oxidation sites excluding steroid dienone is 5. The van der Waals surface area contributed by atoms with Crippen LogP contribution < -0.4 is 5.32 Å². The van der Waals surface area contributed by atoms with Crippen LogP contribution >= 0.6 is 11.6 Å². The third kappa shape index (κ3) is 5.93. The number of amides is 1. The Morgan fingerprint density at radius 3 is 2.70 bits per heavy atom. The number of halogens is 1. The molecule has 1 saturated carbocycles. The molecule has 2 rings (SSSR count). The van der Waals surface area contributed by atoms with Gasteiger partial charge in [0.25, 0.3) is 0 Å². The van der Waals surface area contributed by atoms with Crippen LogP contribution in [0.15, 0.2) is 45.6 Å². The zero-order chi connectivity index (χ0) is 20.0. The van der Waals surface area contributed by atoms with E-state index in [-0.39, 0.29) is 11.8 Å². The van der Waals surface area contributed by atoms with E-state index in [1.165, 1.54) is 12.8 Å². The molecular weight excluding hydrogens is 360 g/mol. The van der Waals surface area contributed by atoms with Crippen LogP contribution in [-0.4, -0.2) is 21.8 Å². The molecule has 27 heavy (non-hydrogen) atoms. The van der Waals surface area contributed by atoms with Crippen molar-refractivity contribution < 1.29 is 4.79 Å². The third-order valence-electron chi connectivity index (χ3n) is 4.65. The molecule has 1 amide bonds. The molecule has 0 radical (unpaired) electrons. The molecule has 1 aliphatic carbocycles. The number of carbonyl (C=O) groups excluding carboxylic acids is 1. The minimum Gasteiger partial charge on any atom is -0.309 e. The monoisotopic (exact) mass is 388 g/mol. The van der Waals surface area contributed by atoms with E-state index in [0.29, 0.717) is 16.8 Å². The van der Waals surface area contributed by atoms with Crippen LogP contribution in [0.5, 0.6) is 0 Å². The van der Waals surface area contributed by atoms with Crippen LogP contribution in [0, 0.1) is 5.92 Å². The van der Waals surface area contributed by atoms with Crippen molar-refractivity contribution in [1.82, 2.24) is 10.2 Å². The van der Waals surface area contributed by atoms with E-state index in [1.54, 1.807) is 0 Å². The van der Waals surface area contributed by atoms with E-state index in [1.807, 2.05) is 58.9 Å². The molecule has 1 atom stereocenters. The fraction of sp³-hybridized carbons (Fsp3) is 0.476. The first-order valence-electron chi connectivity index (χ1n) is 9.49. The highest BCUT2D eigenvalue weighted by Crippen LogP contribution is 2.39. The predicted molar refractivity (Wildman–Crippen MR) is 113 cm³/mol. The second-order valence-corrected chi connectivity index (χ2v) is 7.24. The number of aromatic amines is 1. The van der Waals surface area contributed by atoms with Crippen molar-refractivity contribution in [1.29, 1.82) is 0 Å². The topological polar surface area (TPSA) is 70.1 Å². The molecule has 2 N–H and O–H groups in total. The van der Waals surface area contributed by atoms with Crippen molar-refractivity contribution >= 4 is 29.0 Å². The average molecular weight is 389 g/mol. The lowest BCUT2D eigenvalue weighted by atomic mass is 10.1. The summed E-state index contributed by atoms with van der Waals surface area (Å²) in [5, 5.41) is 10.8. The maximum atomic E-state index is 12.6. The summed E-state index contributed by atoms with van der Waals surface area (Å²) in [7, 11) is 0. The summed E-state index contributed by atoms with van der Waals surface area (Å²) < 4.78 is 0. The Labute approximate surface area is 166 Å². The molecule has 0 spiro atoms. The Balaban J connectivity index is 2.10. The summed E-state index contributed by atoms with van der Waals surface area (Å²) in [6.45, 7) is 9.63. The zero-order valence-corrected chi connectivity index (χ0v) is 17.5. The van der Waals surface area contributed by atoms with Gasteiger partial charge in [0.1, 0.15) is 0 Å². The predicted octanol–water partition coefficient (Wildman–Crippen LogP) is 5.71. The molecule has 0 aliphatic heterocycles. The van der Waals surface area contributed by atoms with E-state index in [2.05, 4.69) is 15.5 Å². The maximum absolute atomic E-state index is 12.6. The number of aromatic nitrogens is 2. The number of anilines is 1. The van der Waals surface area contributed by atoms with Gasteiger partial charge in [0.2, 0.25) is 5.91 Å². The molecule has 1 aromatic rings. The molecular formula is C21H29ClN4O. The third-order valence-corrected chi connectivity index (χ3v) is 5.16. The van der Waals surface area contributed by atoms with Gasteiger partial charge in [-0.15, -0.1) is 0 Å². The number of carbonyl (C=O) groups is 1. The quantitative estimate of drug-likeness (QED) is 0.442. The lowest BCUT2D eigenvalue weighted by Crippen LogP contribution is -2.22. The molecule has 1 heterocycles. The minimum absolute atomic E-state index is 0.122. The van der Waals surface area contributed by atoms with Crippen LogP contribution in [0.2, 0.25) is 0 Å². The molecule has 1 aromatic heterocycles. The first kappa shape index (κ1) is 21.2. The van der Waals surface area contributed by atoms with Gasteiger partial charge in [-0.3, -0.25) is 14.9 Å². The number of aliphatic imine (C=N–C) groups is 1. The van der Waals surface area contributed by atoms with Crippen LogP contribution in [0.25, 0.3) is 0 Å². The second-order valence-electron chi connectivity index (χ2n) is 6.83. The Bertz CT molecular complexity index is 797. The Morgan fingerprint density at radius 2 is 2.15 bits per heavy atom. The van der Waals surface area contributed by atoms with Crippen LogP contribution in [0.1, 0.15) is 65.5 Å². The van der Waals surface area contributed by atoms with Gasteiger partial charge < -0.3 is 5.32 Å². The highest BCUT2D eigenvalue weighted by atomic mass is 35.5. The molecule has 0 bridgehead atoms. The number of H-pyrrole nitrogens is 1. The maximum Gasteiger partial charge on any atom is 0.234 e. The summed E-state index contributed by atoms with van der Waals surface area (Å²) in [4.78, 5) is 17.3. The summed E-state index contributed by atoms with van der Waals surface area (Å²) in [6.07, 6.45) is 8.82. The number of hydrogen-bond donors (Lipinski definition) is 2. The van der Waals surface area contributed by atoms with E-state index in [0.717, 1.165) is 29.1 Å². The SMILES string of the molecule is C\C=C(/N=C(\C=C(C)/C(Cl)=C\C)CC)C(C)C(=O)Nc1cc(C2CC2)[nH]n1. The van der Waals surface area contributed by atoms with Crippen LogP contribution in [-0.2, 0) is 4.79 Å². The van der Waals surface area contributed by atoms with Crippen molar-refractivity contribution in [2.75, 3.05) is 5.32 Å². The number of nitrogens with zero attached hydrogens (tertiary/aromatic N) is 2. The van der Waals surface area contributed by atoms with Gasteiger partial charge >= 0.3 is 0 Å². The summed E-state index contributed by atoms with van der Waals surface area (Å²) in [5.41, 5.74) is 3.66. The molecule has 146 valence electrons. The van der Waals surface area contributed by atoms with Gasteiger partial charge in [-0.1, -0.05) is 30.7 Å². The average Bonchev–Trinajstić information content (AvgIpc) is 3.42. The van der Waals surface area contributed by atoms with Gasteiger partial charge in [-0.2, -0.15) is 5.10 Å². The lowest BCUT2D eigenvalue weighted by Gasteiger charge is -2.13. The molecule has 1 aliphatic rings. The minimum atomic E-state index is -0.386. The number of rotatable bonds is 8. The molecule has 1 fully saturated rings. The standard InChI is InChI=1S/C21H29ClN4O/c1-6-16(11-13(4)17(22)7-2)23-18(8-3)14(5)21(27)24-20-12-19(25-26-20)15-9-10-15/h7-8,11-12,14-15H,6,9-10H2,1-5H3,(H2,24,25,26,27)/b13-11-,17-7+,18-8-,23-16-. The van der Waals surface area contributed by atoms with Crippen molar-refractivity contribution in [3.05, 3.63) is 46.3 Å². The largest absolute Gasteiger partial charge is 0.309 e. The van der Waals surface area contributed by atoms with Gasteiger partial charge in [0.05, 0.1) is 5.92 Å². The first-order valence-corrected chi connectivity index (χ1v) is 9.87. The fourth-order valence-electron chi connectivity index (χ4n) is 2.71. The Hall–Kier alpha value is -2.14. The van der Waals surface area contributed by atoms with Gasteiger partial charge in [-0.25, -0.2) is 0 Å². The molecule has 0 saturated heterocycles. The smallest absolute Gasteiger partial charge is 0.234 e. The van der Waals surface area contributed by atoms with Crippen molar-refractivity contribution in [3.63, 3.8) is 0 Å². The Kier molecular flexibility index (Phi) is 7.60. The lowest BCUT2D eigenvalue weighted by molar-refractivity contribution is -0.118. The van der Waals surface area contributed by atoms with Crippen LogP contribution in [0.3, 0.4) is 0 Å². The summed E-state index contributed by atoms with van der Waals surface area (Å²) in [5.74, 6) is 0.633. The molecule has 0 aromatic carbocycles. The van der Waals surface area contributed by atoms with Crippen molar-refractivity contribution in [2.45, 2.75) is 59.8 Å². The Morgan fingerprint density at radius 1 is 1.44 bits per heavy atom. The molecule has 6 heteroatoms. The van der Waals surface area contributed by atoms with Gasteiger partial charge in [0.15, 0.2) is 5.82 Å². The van der Waals surface area contributed by atoms with Gasteiger partial charge in [-0.05, 0) is 58.6 Å². The first-order chi connectivity index (χ1) is 12.9.